The maximum Gasteiger partial charge on any atom is 0.272 e. The molecule has 1 aromatic carbocycles. The van der Waals surface area contributed by atoms with E-state index < -0.39 is 0 Å². The lowest BCUT2D eigenvalue weighted by molar-refractivity contribution is -0.121. The standard InChI is InChI=1S/C23H30N4O2/c1-26-21(10-13-24-26)23(29)27-14-11-19(12-15-27)16-18-4-2-17(3-5-18)6-9-22(28)25-20-7-8-20/h2-5,10,13,19-20H,6-9,11-12,14-16H2,1H3,(H,25,28). The number of nitrogens with one attached hydrogen (secondary N) is 1. The van der Waals surface area contributed by atoms with E-state index in [4.69, 9.17) is 0 Å². The van der Waals surface area contributed by atoms with Crippen LogP contribution in [0.25, 0.3) is 0 Å². The van der Waals surface area contributed by atoms with Gasteiger partial charge in [-0.05, 0) is 61.6 Å². The average Bonchev–Trinajstić information content (AvgIpc) is 3.44. The van der Waals surface area contributed by atoms with Gasteiger partial charge in [0, 0.05) is 38.8 Å². The van der Waals surface area contributed by atoms with E-state index in [0.717, 1.165) is 51.6 Å². The summed E-state index contributed by atoms with van der Waals surface area (Å²) in [5.74, 6) is 0.864. The number of hydrogen-bond donors (Lipinski definition) is 1. The smallest absolute Gasteiger partial charge is 0.272 e. The van der Waals surface area contributed by atoms with Crippen molar-refractivity contribution in [1.29, 1.82) is 0 Å². The number of likely N-dealkylation sites (tertiary alicyclic amines) is 1. The Kier molecular flexibility index (Phi) is 5.97. The summed E-state index contributed by atoms with van der Waals surface area (Å²) in [4.78, 5) is 26.4. The van der Waals surface area contributed by atoms with Crippen molar-refractivity contribution in [2.24, 2.45) is 13.0 Å². The van der Waals surface area contributed by atoms with E-state index in [1.807, 2.05) is 11.9 Å². The molecule has 1 aliphatic carbocycles. The number of carbonyl (C=O) groups excluding carboxylic acids is 2. The molecule has 0 bridgehead atoms. The van der Waals surface area contributed by atoms with Gasteiger partial charge in [0.1, 0.15) is 5.69 Å². The molecule has 6 nitrogen and oxygen atoms in total. The lowest BCUT2D eigenvalue weighted by atomic mass is 9.89. The van der Waals surface area contributed by atoms with Crippen molar-refractivity contribution >= 4 is 11.8 Å². The Bertz CT molecular complexity index is 846. The molecule has 6 heteroatoms. The zero-order chi connectivity index (χ0) is 20.2. The van der Waals surface area contributed by atoms with E-state index in [0.29, 0.717) is 24.1 Å². The molecule has 154 valence electrons. The highest BCUT2D eigenvalue weighted by molar-refractivity contribution is 5.92. The van der Waals surface area contributed by atoms with Crippen molar-refractivity contribution in [3.63, 3.8) is 0 Å². The minimum Gasteiger partial charge on any atom is -0.353 e. The molecule has 2 aromatic rings. The summed E-state index contributed by atoms with van der Waals surface area (Å²) in [5.41, 5.74) is 3.22. The molecule has 29 heavy (non-hydrogen) atoms. The van der Waals surface area contributed by atoms with Crippen LogP contribution in [0.2, 0.25) is 0 Å². The third-order valence-corrected chi connectivity index (χ3v) is 6.07. The molecule has 2 aliphatic rings. The second kappa shape index (κ2) is 8.80. The van der Waals surface area contributed by atoms with Gasteiger partial charge in [-0.25, -0.2) is 0 Å². The predicted molar refractivity (Wildman–Crippen MR) is 111 cm³/mol. The Morgan fingerprint density at radius 3 is 2.34 bits per heavy atom. The van der Waals surface area contributed by atoms with Gasteiger partial charge in [0.2, 0.25) is 5.91 Å². The van der Waals surface area contributed by atoms with Crippen LogP contribution in [-0.4, -0.2) is 45.6 Å². The number of piperidine rings is 1. The van der Waals surface area contributed by atoms with Crippen LogP contribution in [-0.2, 0) is 24.7 Å². The Labute approximate surface area is 172 Å². The van der Waals surface area contributed by atoms with Crippen molar-refractivity contribution < 1.29 is 9.59 Å². The van der Waals surface area contributed by atoms with E-state index >= 15 is 0 Å². The van der Waals surface area contributed by atoms with E-state index in [9.17, 15) is 9.59 Å². The van der Waals surface area contributed by atoms with Gasteiger partial charge in [0.15, 0.2) is 0 Å². The topological polar surface area (TPSA) is 67.2 Å². The lowest BCUT2D eigenvalue weighted by Gasteiger charge is -2.32. The minimum absolute atomic E-state index is 0.0820. The molecule has 0 unspecified atom stereocenters. The first-order chi connectivity index (χ1) is 14.1. The molecule has 1 aliphatic heterocycles. The summed E-state index contributed by atoms with van der Waals surface area (Å²) in [6.07, 6.45) is 8.43. The van der Waals surface area contributed by atoms with Crippen LogP contribution < -0.4 is 5.32 Å². The summed E-state index contributed by atoms with van der Waals surface area (Å²) in [6, 6.07) is 10.9. The van der Waals surface area contributed by atoms with Gasteiger partial charge in [-0.15, -0.1) is 0 Å². The van der Waals surface area contributed by atoms with Gasteiger partial charge < -0.3 is 10.2 Å². The highest BCUT2D eigenvalue weighted by atomic mass is 16.2. The van der Waals surface area contributed by atoms with Crippen molar-refractivity contribution in [2.75, 3.05) is 13.1 Å². The van der Waals surface area contributed by atoms with Gasteiger partial charge in [-0.2, -0.15) is 5.10 Å². The molecule has 0 radical (unpaired) electrons. The van der Waals surface area contributed by atoms with Gasteiger partial charge in [0.05, 0.1) is 0 Å². The monoisotopic (exact) mass is 394 g/mol. The molecule has 4 rings (SSSR count). The quantitative estimate of drug-likeness (QED) is 0.785. The van der Waals surface area contributed by atoms with E-state index in [-0.39, 0.29) is 11.8 Å². The fourth-order valence-corrected chi connectivity index (χ4v) is 4.05. The Morgan fingerprint density at radius 2 is 1.72 bits per heavy atom. The summed E-state index contributed by atoms with van der Waals surface area (Å²) in [7, 11) is 1.81. The molecular formula is C23H30N4O2. The SMILES string of the molecule is Cn1nccc1C(=O)N1CCC(Cc2ccc(CCC(=O)NC3CC3)cc2)CC1. The summed E-state index contributed by atoms with van der Waals surface area (Å²) in [6.45, 7) is 1.62. The largest absolute Gasteiger partial charge is 0.353 e. The Morgan fingerprint density at radius 1 is 1.03 bits per heavy atom. The summed E-state index contributed by atoms with van der Waals surface area (Å²) < 4.78 is 1.64. The van der Waals surface area contributed by atoms with Crippen LogP contribution in [0.5, 0.6) is 0 Å². The Hall–Kier alpha value is -2.63. The van der Waals surface area contributed by atoms with Crippen molar-refractivity contribution in [3.05, 3.63) is 53.3 Å². The molecule has 1 aromatic heterocycles. The number of aromatic nitrogens is 2. The fraction of sp³-hybridized carbons (Fsp3) is 0.522. The van der Waals surface area contributed by atoms with Crippen LogP contribution in [0.1, 0.15) is 53.7 Å². The fourth-order valence-electron chi connectivity index (χ4n) is 4.05. The van der Waals surface area contributed by atoms with Gasteiger partial charge in [0.25, 0.3) is 5.91 Å². The van der Waals surface area contributed by atoms with Crippen LogP contribution in [0.4, 0.5) is 0 Å². The number of nitrogens with zero attached hydrogens (tertiary/aromatic N) is 3. The lowest BCUT2D eigenvalue weighted by Crippen LogP contribution is -2.39. The number of rotatable bonds is 7. The molecule has 1 saturated heterocycles. The average molecular weight is 395 g/mol. The first-order valence-corrected chi connectivity index (χ1v) is 10.7. The summed E-state index contributed by atoms with van der Waals surface area (Å²) >= 11 is 0. The number of carbonyl (C=O) groups is 2. The molecule has 1 saturated carbocycles. The zero-order valence-corrected chi connectivity index (χ0v) is 17.1. The third-order valence-electron chi connectivity index (χ3n) is 6.07. The van der Waals surface area contributed by atoms with Crippen molar-refractivity contribution in [1.82, 2.24) is 20.0 Å². The molecule has 1 N–H and O–H groups in total. The minimum atomic E-state index is 0.0820. The molecular weight excluding hydrogens is 364 g/mol. The molecule has 2 heterocycles. The number of aryl methyl sites for hydroxylation is 2. The molecule has 0 atom stereocenters. The van der Waals surface area contributed by atoms with Crippen LogP contribution in [0.3, 0.4) is 0 Å². The van der Waals surface area contributed by atoms with Gasteiger partial charge >= 0.3 is 0 Å². The van der Waals surface area contributed by atoms with Crippen LogP contribution in [0.15, 0.2) is 36.5 Å². The zero-order valence-electron chi connectivity index (χ0n) is 17.1. The van der Waals surface area contributed by atoms with Gasteiger partial charge in [-0.1, -0.05) is 24.3 Å². The first kappa shape index (κ1) is 19.7. The predicted octanol–water partition coefficient (Wildman–Crippen LogP) is 2.73. The second-order valence-corrected chi connectivity index (χ2v) is 8.44. The number of amides is 2. The maximum absolute atomic E-state index is 12.6. The van der Waals surface area contributed by atoms with E-state index in [1.54, 1.807) is 16.9 Å². The molecule has 2 fully saturated rings. The van der Waals surface area contributed by atoms with Crippen LogP contribution >= 0.6 is 0 Å². The van der Waals surface area contributed by atoms with Crippen LogP contribution in [0, 0.1) is 5.92 Å². The maximum atomic E-state index is 12.6. The molecule has 2 amide bonds. The molecule has 0 spiro atoms. The first-order valence-electron chi connectivity index (χ1n) is 10.7. The highest BCUT2D eigenvalue weighted by Crippen LogP contribution is 2.23. The van der Waals surface area contributed by atoms with Crippen molar-refractivity contribution in [3.8, 4) is 0 Å². The summed E-state index contributed by atoms with van der Waals surface area (Å²) in [5, 5.41) is 7.14. The second-order valence-electron chi connectivity index (χ2n) is 8.44. The van der Waals surface area contributed by atoms with E-state index in [1.165, 1.54) is 11.1 Å². The Balaban J connectivity index is 1.21. The van der Waals surface area contributed by atoms with Gasteiger partial charge in [-0.3, -0.25) is 14.3 Å². The normalized spacial score (nSPS) is 17.3. The highest BCUT2D eigenvalue weighted by Gasteiger charge is 2.25. The van der Waals surface area contributed by atoms with E-state index in [2.05, 4.69) is 34.7 Å². The number of hydrogen-bond acceptors (Lipinski definition) is 3. The number of benzene rings is 1. The van der Waals surface area contributed by atoms with Crippen molar-refractivity contribution in [2.45, 2.75) is 51.0 Å². The third kappa shape index (κ3) is 5.25.